The summed E-state index contributed by atoms with van der Waals surface area (Å²) in [5.74, 6) is -4.45. The van der Waals surface area contributed by atoms with Gasteiger partial charge in [0.05, 0.1) is 37.9 Å². The zero-order chi connectivity index (χ0) is 21.8. The quantitative estimate of drug-likeness (QED) is 0.467. The van der Waals surface area contributed by atoms with Crippen LogP contribution >= 0.6 is 11.6 Å². The lowest BCUT2D eigenvalue weighted by Crippen LogP contribution is -2.25. The molecule has 0 saturated carbocycles. The molecule has 1 unspecified atom stereocenters. The van der Waals surface area contributed by atoms with Crippen LogP contribution < -0.4 is 4.90 Å². The summed E-state index contributed by atoms with van der Waals surface area (Å²) in [7, 11) is -3.11. The molecule has 0 spiro atoms. The normalized spacial score (nSPS) is 18.1. The third kappa shape index (κ3) is 3.54. The summed E-state index contributed by atoms with van der Waals surface area (Å²) in [5.41, 5.74) is 0.989. The van der Waals surface area contributed by atoms with Gasteiger partial charge in [0.2, 0.25) is 0 Å². The Kier molecular flexibility index (Phi) is 5.01. The van der Waals surface area contributed by atoms with E-state index in [1.54, 1.807) is 6.92 Å². The number of hydrogen-bond acceptors (Lipinski definition) is 3. The summed E-state index contributed by atoms with van der Waals surface area (Å²) >= 11 is 6.41. The van der Waals surface area contributed by atoms with Crippen LogP contribution in [0.25, 0.3) is 22.2 Å². The van der Waals surface area contributed by atoms with Gasteiger partial charge in [-0.05, 0) is 24.3 Å². The van der Waals surface area contributed by atoms with E-state index in [1.165, 1.54) is 23.1 Å². The molecule has 2 N–H and O–H groups in total. The molecule has 0 aliphatic carbocycles. The van der Waals surface area contributed by atoms with Crippen molar-refractivity contribution in [3.05, 3.63) is 47.0 Å². The van der Waals surface area contributed by atoms with Gasteiger partial charge in [-0.15, -0.1) is 0 Å². The molecular weight excluding hydrogens is 442 g/mol. The number of nitrogens with one attached hydrogen (secondary N) is 2. The number of benzene rings is 2. The highest BCUT2D eigenvalue weighted by molar-refractivity contribution is 7.92. The minimum Gasteiger partial charge on any atom is -0.365 e. The van der Waals surface area contributed by atoms with Crippen molar-refractivity contribution in [1.82, 2.24) is 4.98 Å². The van der Waals surface area contributed by atoms with E-state index >= 15 is 0 Å². The molecule has 2 aromatic carbocycles. The van der Waals surface area contributed by atoms with Crippen LogP contribution in [0.4, 0.5) is 23.2 Å². The average Bonchev–Trinajstić information content (AvgIpc) is 3.20. The van der Waals surface area contributed by atoms with Gasteiger partial charge in [0.15, 0.2) is 0 Å². The highest BCUT2D eigenvalue weighted by Gasteiger charge is 2.39. The van der Waals surface area contributed by atoms with Crippen LogP contribution in [-0.4, -0.2) is 34.0 Å². The lowest BCUT2D eigenvalue weighted by molar-refractivity contribution is 0.0257. The highest BCUT2D eigenvalue weighted by Crippen LogP contribution is 2.43. The number of alkyl halides is 2. The van der Waals surface area contributed by atoms with Crippen LogP contribution in [-0.2, 0) is 9.73 Å². The van der Waals surface area contributed by atoms with Crippen molar-refractivity contribution in [3.63, 3.8) is 0 Å². The number of rotatable bonds is 4. The number of H-pyrrole nitrogens is 1. The molecule has 1 atom stereocenters. The van der Waals surface area contributed by atoms with Gasteiger partial charge >= 0.3 is 0 Å². The summed E-state index contributed by atoms with van der Waals surface area (Å²) in [4.78, 5) is 4.54. The molecule has 1 aromatic heterocycles. The molecule has 10 heteroatoms. The van der Waals surface area contributed by atoms with Gasteiger partial charge in [0.25, 0.3) is 5.92 Å². The standard InChI is InChI=1S/C20H18ClF4N3OS/c1-2-30(26,29)12-3-4-16(28-6-5-20(24,25)10-28)13(9-12)19-18(21)17-14(23)7-11(22)8-15(17)27-19/h3-4,7-9,26-27H,2,5-6,10H2,1H3. The van der Waals surface area contributed by atoms with Crippen molar-refractivity contribution in [2.45, 2.75) is 24.2 Å². The SMILES string of the molecule is CCS(=N)(=O)c1ccc(N2CCC(F)(F)C2)c(-c2[nH]c3cc(F)cc(F)c3c2Cl)c1. The first kappa shape index (κ1) is 21.0. The Balaban J connectivity index is 1.97. The molecule has 0 radical (unpaired) electrons. The Hall–Kier alpha value is -2.26. The first-order chi connectivity index (χ1) is 14.0. The topological polar surface area (TPSA) is 60.0 Å². The maximum Gasteiger partial charge on any atom is 0.266 e. The van der Waals surface area contributed by atoms with Crippen LogP contribution in [0.2, 0.25) is 5.02 Å². The molecule has 30 heavy (non-hydrogen) atoms. The number of nitrogens with zero attached hydrogens (tertiary/aromatic N) is 1. The van der Waals surface area contributed by atoms with Crippen molar-refractivity contribution >= 4 is 37.9 Å². The van der Waals surface area contributed by atoms with Crippen molar-refractivity contribution in [1.29, 1.82) is 4.78 Å². The van der Waals surface area contributed by atoms with Crippen molar-refractivity contribution in [2.75, 3.05) is 23.7 Å². The smallest absolute Gasteiger partial charge is 0.266 e. The second kappa shape index (κ2) is 7.16. The predicted molar refractivity (Wildman–Crippen MR) is 110 cm³/mol. The first-order valence-corrected chi connectivity index (χ1v) is 11.3. The fourth-order valence-electron chi connectivity index (χ4n) is 3.70. The zero-order valence-electron chi connectivity index (χ0n) is 15.9. The molecule has 3 aromatic rings. The minimum absolute atomic E-state index is 0.0294. The largest absolute Gasteiger partial charge is 0.365 e. The van der Waals surface area contributed by atoms with E-state index in [-0.39, 0.29) is 45.2 Å². The number of aromatic amines is 1. The van der Waals surface area contributed by atoms with Crippen LogP contribution in [0.3, 0.4) is 0 Å². The Bertz CT molecular complexity index is 1260. The molecule has 4 nitrogen and oxygen atoms in total. The number of aromatic nitrogens is 1. The van der Waals surface area contributed by atoms with E-state index in [9.17, 15) is 21.8 Å². The Morgan fingerprint density at radius 3 is 2.63 bits per heavy atom. The molecule has 0 bridgehead atoms. The molecule has 0 amide bonds. The molecule has 160 valence electrons. The van der Waals surface area contributed by atoms with E-state index in [0.29, 0.717) is 17.3 Å². The van der Waals surface area contributed by atoms with Gasteiger partial charge in [-0.1, -0.05) is 18.5 Å². The number of halogens is 5. The van der Waals surface area contributed by atoms with Crippen molar-refractivity contribution in [3.8, 4) is 11.3 Å². The highest BCUT2D eigenvalue weighted by atomic mass is 35.5. The maximum atomic E-state index is 14.3. The zero-order valence-corrected chi connectivity index (χ0v) is 17.4. The lowest BCUT2D eigenvalue weighted by Gasteiger charge is -2.22. The Morgan fingerprint density at radius 1 is 1.27 bits per heavy atom. The third-order valence-electron chi connectivity index (χ3n) is 5.29. The number of hydrogen-bond donors (Lipinski definition) is 2. The van der Waals surface area contributed by atoms with Crippen molar-refractivity contribution < 1.29 is 21.8 Å². The summed E-state index contributed by atoms with van der Waals surface area (Å²) in [6.07, 6.45) is -0.321. The fourth-order valence-corrected chi connectivity index (χ4v) is 4.97. The van der Waals surface area contributed by atoms with Gasteiger partial charge in [-0.25, -0.2) is 26.6 Å². The van der Waals surface area contributed by atoms with E-state index in [0.717, 1.165) is 6.07 Å². The summed E-state index contributed by atoms with van der Waals surface area (Å²) in [6, 6.07) is 6.24. The van der Waals surface area contributed by atoms with Crippen LogP contribution in [0.5, 0.6) is 0 Å². The Morgan fingerprint density at radius 2 is 2.00 bits per heavy atom. The summed E-state index contributed by atoms with van der Waals surface area (Å²) in [6.45, 7) is 1.19. The van der Waals surface area contributed by atoms with Gasteiger partial charge in [-0.3, -0.25) is 0 Å². The number of fused-ring (bicyclic) bond motifs is 1. The van der Waals surface area contributed by atoms with E-state index in [4.69, 9.17) is 16.4 Å². The average molecular weight is 460 g/mol. The third-order valence-corrected chi connectivity index (χ3v) is 7.50. The molecular formula is C20H18ClF4N3OS. The second-order valence-corrected chi connectivity index (χ2v) is 10.1. The monoisotopic (exact) mass is 459 g/mol. The fraction of sp³-hybridized carbons (Fsp3) is 0.300. The molecule has 1 saturated heterocycles. The first-order valence-electron chi connectivity index (χ1n) is 9.22. The van der Waals surface area contributed by atoms with Gasteiger partial charge < -0.3 is 9.88 Å². The van der Waals surface area contributed by atoms with Gasteiger partial charge in [0.1, 0.15) is 11.6 Å². The van der Waals surface area contributed by atoms with Gasteiger partial charge in [-0.2, -0.15) is 0 Å². The van der Waals surface area contributed by atoms with Crippen molar-refractivity contribution in [2.24, 2.45) is 0 Å². The summed E-state index contributed by atoms with van der Waals surface area (Å²) < 4.78 is 76.4. The van der Waals surface area contributed by atoms with Gasteiger partial charge in [0, 0.05) is 40.9 Å². The molecule has 4 rings (SSSR count). The second-order valence-electron chi connectivity index (χ2n) is 7.29. The van der Waals surface area contributed by atoms with Crippen LogP contribution in [0.15, 0.2) is 35.2 Å². The predicted octanol–water partition coefficient (Wildman–Crippen LogP) is 6.04. The van der Waals surface area contributed by atoms with Crippen LogP contribution in [0.1, 0.15) is 13.3 Å². The lowest BCUT2D eigenvalue weighted by atomic mass is 10.1. The summed E-state index contributed by atoms with van der Waals surface area (Å²) in [5, 5.41) is -0.0712. The van der Waals surface area contributed by atoms with E-state index < -0.39 is 33.8 Å². The molecule has 1 aliphatic rings. The number of anilines is 1. The minimum atomic E-state index is -3.11. The maximum absolute atomic E-state index is 14.3. The van der Waals surface area contributed by atoms with Crippen LogP contribution in [0, 0.1) is 16.4 Å². The molecule has 1 fully saturated rings. The Labute approximate surface area is 175 Å². The van der Waals surface area contributed by atoms with E-state index in [2.05, 4.69) is 4.98 Å². The molecule has 2 heterocycles. The van der Waals surface area contributed by atoms with E-state index in [1.807, 2.05) is 0 Å². The molecule has 1 aliphatic heterocycles.